The minimum Gasteiger partial charge on any atom is -0.481 e. The van der Waals surface area contributed by atoms with Crippen LogP contribution in [0.5, 0.6) is 0 Å². The molecule has 44 heavy (non-hydrogen) atoms. The first-order valence-electron chi connectivity index (χ1n) is 15.4. The van der Waals surface area contributed by atoms with Crippen LogP contribution in [0.15, 0.2) is 79.0 Å². The van der Waals surface area contributed by atoms with Gasteiger partial charge in [0, 0.05) is 25.7 Å². The number of allylic oxidation sites excluding steroid dienone is 4. The first kappa shape index (κ1) is 34.2. The Morgan fingerprint density at radius 1 is 1.00 bits per heavy atom. The molecule has 8 heteroatoms. The van der Waals surface area contributed by atoms with E-state index in [9.17, 15) is 9.59 Å². The number of rotatable bonds is 5. The van der Waals surface area contributed by atoms with Crippen LogP contribution in [0.1, 0.15) is 83.8 Å². The second-order valence-corrected chi connectivity index (χ2v) is 12.2. The van der Waals surface area contributed by atoms with E-state index in [2.05, 4.69) is 48.3 Å². The maximum Gasteiger partial charge on any atom is 0.410 e. The second kappa shape index (κ2) is 15.9. The van der Waals surface area contributed by atoms with Crippen LogP contribution in [-0.4, -0.2) is 46.8 Å². The summed E-state index contributed by atoms with van der Waals surface area (Å²) >= 11 is 0. The van der Waals surface area contributed by atoms with Gasteiger partial charge in [-0.3, -0.25) is 9.69 Å². The number of hydrogen-bond acceptors (Lipinski definition) is 4. The highest BCUT2D eigenvalue weighted by Gasteiger charge is 2.29. The van der Waals surface area contributed by atoms with Crippen LogP contribution in [0.3, 0.4) is 0 Å². The zero-order chi connectivity index (χ0) is 32.3. The fraction of sp³-hybridized carbons (Fsp3) is 0.417. The van der Waals surface area contributed by atoms with E-state index in [0.717, 1.165) is 29.3 Å². The number of urea groups is 1. The Hall–Kier alpha value is -4.33. The van der Waals surface area contributed by atoms with Crippen molar-refractivity contribution in [3.63, 3.8) is 0 Å². The third-order valence-corrected chi connectivity index (χ3v) is 7.44. The van der Waals surface area contributed by atoms with Gasteiger partial charge in [0.2, 0.25) is 0 Å². The number of fused-ring (bicyclic) bond motifs is 1. The monoisotopic (exact) mass is 601 g/mol. The topological polar surface area (TPSA) is 99.2 Å². The molecule has 3 amide bonds. The third kappa shape index (κ3) is 10.1. The fourth-order valence-corrected chi connectivity index (χ4v) is 5.49. The normalized spacial score (nSPS) is 15.9. The fourth-order valence-electron chi connectivity index (χ4n) is 5.49. The van der Waals surface area contributed by atoms with E-state index in [1.54, 1.807) is 22.0 Å². The highest BCUT2D eigenvalue weighted by molar-refractivity contribution is 5.95. The van der Waals surface area contributed by atoms with Crippen molar-refractivity contribution in [3.05, 3.63) is 90.2 Å². The Morgan fingerprint density at radius 3 is 2.23 bits per heavy atom. The summed E-state index contributed by atoms with van der Waals surface area (Å²) in [6.45, 7) is 13.4. The molecule has 1 heterocycles. The molecule has 0 aromatic heterocycles. The molecule has 236 valence electrons. The Bertz CT molecular complexity index is 1360. The van der Waals surface area contributed by atoms with Crippen molar-refractivity contribution < 1.29 is 24.2 Å². The number of carbonyl (C=O) groups is 3. The second-order valence-electron chi connectivity index (χ2n) is 12.2. The van der Waals surface area contributed by atoms with Gasteiger partial charge in [0.05, 0.1) is 12.2 Å². The van der Waals surface area contributed by atoms with Gasteiger partial charge in [-0.2, -0.15) is 0 Å². The summed E-state index contributed by atoms with van der Waals surface area (Å²) < 4.78 is 5.70. The summed E-state index contributed by atoms with van der Waals surface area (Å²) in [5.41, 5.74) is 5.31. The lowest BCUT2D eigenvalue weighted by Gasteiger charge is -2.26. The highest BCUT2D eigenvalue weighted by atomic mass is 16.6. The molecule has 0 spiro atoms. The van der Waals surface area contributed by atoms with Crippen LogP contribution >= 0.6 is 0 Å². The van der Waals surface area contributed by atoms with Crippen LogP contribution in [0.4, 0.5) is 15.3 Å². The Balaban J connectivity index is 0.00000124. The van der Waals surface area contributed by atoms with Gasteiger partial charge in [-0.1, -0.05) is 68.3 Å². The number of hydrogen-bond donors (Lipinski definition) is 2. The summed E-state index contributed by atoms with van der Waals surface area (Å²) in [7, 11) is 0. The van der Waals surface area contributed by atoms with E-state index < -0.39 is 11.6 Å². The number of aliphatic carboxylic acids is 1. The number of carbonyl (C=O) groups excluding carboxylic acids is 2. The van der Waals surface area contributed by atoms with Crippen LogP contribution in [0.25, 0.3) is 11.1 Å². The van der Waals surface area contributed by atoms with Gasteiger partial charge in [-0.05, 0) is 93.0 Å². The van der Waals surface area contributed by atoms with Crippen LogP contribution < -0.4 is 10.2 Å². The van der Waals surface area contributed by atoms with E-state index in [0.29, 0.717) is 31.2 Å². The number of ether oxygens (including phenoxy) is 1. The predicted molar refractivity (Wildman–Crippen MR) is 177 cm³/mol. The van der Waals surface area contributed by atoms with E-state index in [1.807, 2.05) is 45.9 Å². The van der Waals surface area contributed by atoms with Crippen molar-refractivity contribution in [2.24, 2.45) is 0 Å². The summed E-state index contributed by atoms with van der Waals surface area (Å²) in [5.74, 6) is -0.174. The molecule has 0 bridgehead atoms. The average molecular weight is 602 g/mol. The largest absolute Gasteiger partial charge is 0.481 e. The zero-order valence-electron chi connectivity index (χ0n) is 26.8. The standard InChI is InChI=1S/C34H43N3O3.C2H4O2/c1-6-11-30(12-7-2)35-32(38)37-22-21-36(33(39)40-34(3,4)5)24-29-23-28(19-20-31(29)37)27-17-15-26(16-18-27)25-13-9-8-10-14-25;1-2(3)4/h6-7,11-12,15-20,23,25H,1,8-10,13-14,21-22,24H2,2-5H3,(H,35,38);1H3,(H,3,4)/b12-7-,30-11+;. The van der Waals surface area contributed by atoms with Crippen molar-refractivity contribution in [1.82, 2.24) is 10.2 Å². The molecule has 1 fully saturated rings. The van der Waals surface area contributed by atoms with E-state index in [1.165, 1.54) is 37.7 Å². The van der Waals surface area contributed by atoms with Crippen LogP contribution in [0, 0.1) is 0 Å². The van der Waals surface area contributed by atoms with Gasteiger partial charge >= 0.3 is 12.1 Å². The Morgan fingerprint density at radius 2 is 1.64 bits per heavy atom. The number of nitrogens with zero attached hydrogens (tertiary/aromatic N) is 2. The molecular formula is C36H47N3O5. The van der Waals surface area contributed by atoms with Crippen molar-refractivity contribution in [2.75, 3.05) is 18.0 Å². The zero-order valence-corrected chi connectivity index (χ0v) is 26.8. The molecule has 1 saturated carbocycles. The molecule has 0 saturated heterocycles. The van der Waals surface area contributed by atoms with Crippen LogP contribution in [-0.2, 0) is 16.1 Å². The molecule has 4 rings (SSSR count). The summed E-state index contributed by atoms with van der Waals surface area (Å²) in [5, 5.41) is 10.4. The number of nitrogens with one attached hydrogen (secondary N) is 1. The maximum atomic E-state index is 13.5. The molecule has 1 aliphatic carbocycles. The van der Waals surface area contributed by atoms with Gasteiger partial charge < -0.3 is 20.1 Å². The molecule has 0 radical (unpaired) electrons. The Kier molecular flexibility index (Phi) is 12.4. The van der Waals surface area contributed by atoms with Crippen molar-refractivity contribution in [2.45, 2.75) is 84.8 Å². The quantitative estimate of drug-likeness (QED) is 0.335. The molecule has 1 aliphatic heterocycles. The number of benzene rings is 2. The SMILES string of the molecule is C=C/C=C(\C=C/C)NC(=O)N1CCN(C(=O)OC(C)(C)C)Cc2cc(-c3ccc(C4CCCCC4)cc3)ccc21.CC(=O)O. The molecule has 8 nitrogen and oxygen atoms in total. The molecule has 0 atom stereocenters. The van der Waals surface area contributed by atoms with Crippen molar-refractivity contribution in [1.29, 1.82) is 0 Å². The first-order valence-corrected chi connectivity index (χ1v) is 15.4. The van der Waals surface area contributed by atoms with Gasteiger partial charge in [0.1, 0.15) is 5.60 Å². The van der Waals surface area contributed by atoms with Crippen LogP contribution in [0.2, 0.25) is 0 Å². The lowest BCUT2D eigenvalue weighted by atomic mass is 9.83. The smallest absolute Gasteiger partial charge is 0.410 e. The van der Waals surface area contributed by atoms with Gasteiger partial charge in [-0.25, -0.2) is 9.59 Å². The highest BCUT2D eigenvalue weighted by Crippen LogP contribution is 2.35. The Labute approximate surface area is 262 Å². The molecule has 0 unspecified atom stereocenters. The number of anilines is 1. The number of carboxylic acids is 1. The minimum absolute atomic E-state index is 0.261. The third-order valence-electron chi connectivity index (χ3n) is 7.44. The van der Waals surface area contributed by atoms with Crippen molar-refractivity contribution in [3.8, 4) is 11.1 Å². The average Bonchev–Trinajstić information content (AvgIpc) is 3.16. The molecule has 2 N–H and O–H groups in total. The molecule has 2 aromatic rings. The van der Waals surface area contributed by atoms with Gasteiger partial charge in [-0.15, -0.1) is 0 Å². The maximum absolute atomic E-state index is 13.5. The van der Waals surface area contributed by atoms with Crippen molar-refractivity contribution >= 4 is 23.8 Å². The number of amides is 3. The van der Waals surface area contributed by atoms with E-state index in [-0.39, 0.29) is 12.1 Å². The predicted octanol–water partition coefficient (Wildman–Crippen LogP) is 8.40. The first-order chi connectivity index (χ1) is 20.9. The number of carboxylic acid groups (broad SMARTS) is 1. The summed E-state index contributed by atoms with van der Waals surface area (Å²) in [6, 6.07) is 14.8. The molecule has 2 aliphatic rings. The lowest BCUT2D eigenvalue weighted by Crippen LogP contribution is -2.43. The summed E-state index contributed by atoms with van der Waals surface area (Å²) in [4.78, 5) is 39.0. The molecular weight excluding hydrogens is 554 g/mol. The van der Waals surface area contributed by atoms with Gasteiger partial charge in [0.15, 0.2) is 0 Å². The minimum atomic E-state index is -0.833. The van der Waals surface area contributed by atoms with E-state index >= 15 is 0 Å². The summed E-state index contributed by atoms with van der Waals surface area (Å²) in [6.07, 6.45) is 13.2. The molecule has 2 aromatic carbocycles. The lowest BCUT2D eigenvalue weighted by molar-refractivity contribution is -0.134. The van der Waals surface area contributed by atoms with E-state index in [4.69, 9.17) is 14.6 Å². The van der Waals surface area contributed by atoms with Gasteiger partial charge in [0.25, 0.3) is 5.97 Å².